The van der Waals surface area contributed by atoms with E-state index in [0.29, 0.717) is 18.8 Å². The summed E-state index contributed by atoms with van der Waals surface area (Å²) >= 11 is 0. The highest BCUT2D eigenvalue weighted by Crippen LogP contribution is 2.36. The van der Waals surface area contributed by atoms with Gasteiger partial charge in [0, 0.05) is 18.2 Å². The number of hydrogen-bond acceptors (Lipinski definition) is 5. The zero-order valence-corrected chi connectivity index (χ0v) is 20.0. The van der Waals surface area contributed by atoms with Crippen LogP contribution >= 0.6 is 0 Å². The Morgan fingerprint density at radius 2 is 1.74 bits per heavy atom. The fourth-order valence-electron chi connectivity index (χ4n) is 4.46. The van der Waals surface area contributed by atoms with Crippen LogP contribution in [0.3, 0.4) is 0 Å². The van der Waals surface area contributed by atoms with Crippen LogP contribution in [0.4, 0.5) is 5.82 Å². The van der Waals surface area contributed by atoms with E-state index in [2.05, 4.69) is 10.3 Å². The third-order valence-corrected chi connectivity index (χ3v) is 7.06. The van der Waals surface area contributed by atoms with Crippen molar-refractivity contribution in [2.75, 3.05) is 5.32 Å². The molecule has 2 aromatic heterocycles. The van der Waals surface area contributed by atoms with E-state index in [0.717, 1.165) is 29.7 Å². The van der Waals surface area contributed by atoms with Crippen molar-refractivity contribution in [1.29, 1.82) is 0 Å². The maximum Gasteiger partial charge on any atom is 0.496 e. The topological polar surface area (TPSA) is 87.4 Å². The fourth-order valence-corrected chi connectivity index (χ4v) is 4.46. The summed E-state index contributed by atoms with van der Waals surface area (Å²) in [7, 11) is -0.529. The number of nitrogens with one attached hydrogen (secondary N) is 1. The summed E-state index contributed by atoms with van der Waals surface area (Å²) in [4.78, 5) is 31.0. The van der Waals surface area contributed by atoms with Gasteiger partial charge in [0.15, 0.2) is 0 Å². The molecular formula is C25H29BN4O4. The summed E-state index contributed by atoms with van der Waals surface area (Å²) in [6, 6.07) is 13.0. The lowest BCUT2D eigenvalue weighted by molar-refractivity contribution is 0.00578. The molecule has 0 spiro atoms. The monoisotopic (exact) mass is 460 g/mol. The van der Waals surface area contributed by atoms with Gasteiger partial charge in [0.05, 0.1) is 22.6 Å². The second-order valence-electron chi connectivity index (χ2n) is 9.87. The quantitative estimate of drug-likeness (QED) is 0.605. The first-order valence-corrected chi connectivity index (χ1v) is 11.7. The molecule has 1 amide bonds. The number of carbonyl (C=O) groups is 1. The lowest BCUT2D eigenvalue weighted by atomic mass is 9.80. The van der Waals surface area contributed by atoms with Gasteiger partial charge in [0.25, 0.3) is 11.5 Å². The van der Waals surface area contributed by atoms with Crippen molar-refractivity contribution in [2.45, 2.75) is 64.7 Å². The smallest absolute Gasteiger partial charge is 0.399 e. The van der Waals surface area contributed by atoms with Crippen LogP contribution in [0.25, 0.3) is 5.69 Å². The largest absolute Gasteiger partial charge is 0.496 e. The molecule has 0 atom stereocenters. The van der Waals surface area contributed by atoms with Gasteiger partial charge in [-0.15, -0.1) is 0 Å². The Labute approximate surface area is 199 Å². The van der Waals surface area contributed by atoms with Crippen molar-refractivity contribution in [3.05, 3.63) is 70.3 Å². The van der Waals surface area contributed by atoms with Crippen molar-refractivity contribution in [2.24, 2.45) is 0 Å². The molecule has 34 heavy (non-hydrogen) atoms. The number of benzene rings is 1. The SMILES string of the molecule is CC1(C)OB(c2ccc(NC(=O)c3c4n(n(-c5ccccc5)c3=O)CCCC4)nc2)OC1(C)C. The molecule has 5 rings (SSSR count). The Bertz CT molecular complexity index is 1260. The van der Waals surface area contributed by atoms with Crippen LogP contribution in [0.2, 0.25) is 0 Å². The first kappa shape index (κ1) is 22.6. The number of pyridine rings is 1. The van der Waals surface area contributed by atoms with E-state index >= 15 is 0 Å². The van der Waals surface area contributed by atoms with Crippen molar-refractivity contribution >= 4 is 24.3 Å². The Kier molecular flexibility index (Phi) is 5.49. The molecule has 9 heteroatoms. The van der Waals surface area contributed by atoms with Crippen LogP contribution < -0.4 is 16.3 Å². The van der Waals surface area contributed by atoms with Gasteiger partial charge in [-0.05, 0) is 65.2 Å². The highest BCUT2D eigenvalue weighted by Gasteiger charge is 2.51. The summed E-state index contributed by atoms with van der Waals surface area (Å²) in [5, 5.41) is 2.81. The summed E-state index contributed by atoms with van der Waals surface area (Å²) in [6.45, 7) is 8.69. The van der Waals surface area contributed by atoms with Crippen molar-refractivity contribution in [1.82, 2.24) is 14.3 Å². The van der Waals surface area contributed by atoms with Crippen LogP contribution in [-0.2, 0) is 22.3 Å². The van der Waals surface area contributed by atoms with E-state index in [1.807, 2.05) is 68.8 Å². The predicted molar refractivity (Wildman–Crippen MR) is 131 cm³/mol. The number of hydrogen-bond donors (Lipinski definition) is 1. The first-order chi connectivity index (χ1) is 16.2. The molecule has 1 aromatic carbocycles. The highest BCUT2D eigenvalue weighted by molar-refractivity contribution is 6.62. The standard InChI is InChI=1S/C25H29BN4O4/c1-24(2)25(3,4)34-26(33-24)17-13-14-20(27-16-17)28-22(31)21-19-12-8-9-15-29(19)30(23(21)32)18-10-6-5-7-11-18/h5-7,10-11,13-14,16H,8-9,12,15H2,1-4H3,(H,27,28,31). The van der Waals surface area contributed by atoms with Crippen LogP contribution in [-0.4, -0.2) is 38.6 Å². The van der Waals surface area contributed by atoms with Gasteiger partial charge in [0.1, 0.15) is 11.4 Å². The van der Waals surface area contributed by atoms with E-state index < -0.39 is 24.2 Å². The molecule has 0 aliphatic carbocycles. The van der Waals surface area contributed by atoms with Crippen molar-refractivity contribution < 1.29 is 14.1 Å². The maximum absolute atomic E-state index is 13.4. The molecule has 176 valence electrons. The molecule has 0 bridgehead atoms. The number of amides is 1. The average molecular weight is 460 g/mol. The molecule has 2 aliphatic rings. The minimum atomic E-state index is -0.529. The van der Waals surface area contributed by atoms with Crippen molar-refractivity contribution in [3.8, 4) is 5.69 Å². The van der Waals surface area contributed by atoms with Crippen LogP contribution in [0.1, 0.15) is 56.6 Å². The number of fused-ring (bicyclic) bond motifs is 1. The number of rotatable bonds is 4. The molecule has 0 unspecified atom stereocenters. The Morgan fingerprint density at radius 3 is 2.38 bits per heavy atom. The molecule has 1 N–H and O–H groups in total. The lowest BCUT2D eigenvalue weighted by Gasteiger charge is -2.32. The number of carbonyl (C=O) groups excluding carboxylic acids is 1. The summed E-state index contributed by atoms with van der Waals surface area (Å²) < 4.78 is 15.7. The molecule has 3 aromatic rings. The zero-order valence-electron chi connectivity index (χ0n) is 20.0. The number of anilines is 1. The average Bonchev–Trinajstić information content (AvgIpc) is 3.22. The molecule has 4 heterocycles. The van der Waals surface area contributed by atoms with Gasteiger partial charge in [-0.2, -0.15) is 0 Å². The van der Waals surface area contributed by atoms with Gasteiger partial charge in [-0.25, -0.2) is 9.67 Å². The number of para-hydroxylation sites is 1. The van der Waals surface area contributed by atoms with Crippen LogP contribution in [0.5, 0.6) is 0 Å². The van der Waals surface area contributed by atoms with Gasteiger partial charge < -0.3 is 14.6 Å². The van der Waals surface area contributed by atoms with E-state index in [4.69, 9.17) is 9.31 Å². The van der Waals surface area contributed by atoms with Crippen LogP contribution in [0, 0.1) is 0 Å². The van der Waals surface area contributed by atoms with Crippen molar-refractivity contribution in [3.63, 3.8) is 0 Å². The zero-order chi connectivity index (χ0) is 24.1. The fraction of sp³-hybridized carbons (Fsp3) is 0.400. The van der Waals surface area contributed by atoms with E-state index in [-0.39, 0.29) is 11.1 Å². The molecule has 0 saturated carbocycles. The van der Waals surface area contributed by atoms with Gasteiger partial charge in [0.2, 0.25) is 0 Å². The molecular weight excluding hydrogens is 431 g/mol. The van der Waals surface area contributed by atoms with Gasteiger partial charge >= 0.3 is 7.12 Å². The van der Waals surface area contributed by atoms with E-state index in [1.165, 1.54) is 0 Å². The Balaban J connectivity index is 1.40. The van der Waals surface area contributed by atoms with Crippen LogP contribution in [0.15, 0.2) is 53.5 Å². The minimum Gasteiger partial charge on any atom is -0.399 e. The molecule has 2 aliphatic heterocycles. The summed E-state index contributed by atoms with van der Waals surface area (Å²) in [5.74, 6) is -0.0760. The Hall–Kier alpha value is -3.17. The number of nitrogens with zero attached hydrogens (tertiary/aromatic N) is 3. The molecule has 1 fully saturated rings. The maximum atomic E-state index is 13.4. The third kappa shape index (κ3) is 3.78. The molecule has 0 radical (unpaired) electrons. The summed E-state index contributed by atoms with van der Waals surface area (Å²) in [6.07, 6.45) is 4.23. The Morgan fingerprint density at radius 1 is 1.03 bits per heavy atom. The summed E-state index contributed by atoms with van der Waals surface area (Å²) in [5.41, 5.74) is 1.26. The lowest BCUT2D eigenvalue weighted by Crippen LogP contribution is -2.41. The first-order valence-electron chi connectivity index (χ1n) is 11.7. The predicted octanol–water partition coefficient (Wildman–Crippen LogP) is 2.92. The minimum absolute atomic E-state index is 0.181. The normalized spacial score (nSPS) is 18.5. The highest BCUT2D eigenvalue weighted by atomic mass is 16.7. The molecule has 8 nitrogen and oxygen atoms in total. The van der Waals surface area contributed by atoms with E-state index in [1.54, 1.807) is 16.9 Å². The second kappa shape index (κ2) is 8.25. The van der Waals surface area contributed by atoms with E-state index in [9.17, 15) is 9.59 Å². The second-order valence-corrected chi connectivity index (χ2v) is 9.87. The van der Waals surface area contributed by atoms with Gasteiger partial charge in [-0.1, -0.05) is 24.3 Å². The third-order valence-electron chi connectivity index (χ3n) is 7.06. The van der Waals surface area contributed by atoms with Gasteiger partial charge in [-0.3, -0.25) is 14.3 Å². The number of aromatic nitrogens is 3. The molecule has 1 saturated heterocycles.